The summed E-state index contributed by atoms with van der Waals surface area (Å²) in [5.41, 5.74) is 9.27. The van der Waals surface area contributed by atoms with Gasteiger partial charge in [0, 0.05) is 12.1 Å². The molecule has 4 atom stereocenters. The minimum atomic E-state index is -0.168. The molecule has 0 radical (unpaired) electrons. The molecule has 1 aromatic carbocycles. The van der Waals surface area contributed by atoms with E-state index in [9.17, 15) is 4.79 Å². The molecule has 154 valence electrons. The van der Waals surface area contributed by atoms with Gasteiger partial charge in [-0.15, -0.1) is 0 Å². The number of allylic oxidation sites excluding steroid dienone is 2. The zero-order valence-electron chi connectivity index (χ0n) is 17.4. The fourth-order valence-corrected chi connectivity index (χ4v) is 7.54. The Hall–Kier alpha value is -1.61. The van der Waals surface area contributed by atoms with Crippen LogP contribution in [0.5, 0.6) is 0 Å². The van der Waals surface area contributed by atoms with Crippen LogP contribution in [0.3, 0.4) is 0 Å². The summed E-state index contributed by atoms with van der Waals surface area (Å²) in [6.45, 7) is 0. The van der Waals surface area contributed by atoms with Crippen LogP contribution in [0, 0.1) is 23.2 Å². The molecule has 6 saturated carbocycles. The van der Waals surface area contributed by atoms with E-state index in [-0.39, 0.29) is 10.8 Å². The second-order valence-corrected chi connectivity index (χ2v) is 10.9. The van der Waals surface area contributed by atoms with Crippen LogP contribution in [0.25, 0.3) is 0 Å². The van der Waals surface area contributed by atoms with E-state index in [4.69, 9.17) is 5.73 Å². The molecule has 6 aliphatic carbocycles. The molecule has 7 rings (SSSR count). The average Bonchev–Trinajstić information content (AvgIpc) is 3.49. The van der Waals surface area contributed by atoms with E-state index >= 15 is 0 Å². The van der Waals surface area contributed by atoms with Gasteiger partial charge in [-0.1, -0.05) is 42.0 Å². The lowest BCUT2D eigenvalue weighted by Gasteiger charge is -2.42. The molecule has 0 spiro atoms. The van der Waals surface area contributed by atoms with E-state index in [2.05, 4.69) is 41.7 Å². The van der Waals surface area contributed by atoms with Crippen LogP contribution in [-0.2, 0) is 10.2 Å². The summed E-state index contributed by atoms with van der Waals surface area (Å²) in [7, 11) is 0. The van der Waals surface area contributed by atoms with Crippen molar-refractivity contribution in [3.05, 3.63) is 47.5 Å². The molecule has 4 bridgehead atoms. The third kappa shape index (κ3) is 2.84. The number of benzene rings is 1. The number of hydrogen-bond donors (Lipinski definition) is 2. The fourth-order valence-electron chi connectivity index (χ4n) is 7.54. The molecule has 1 aromatic rings. The Morgan fingerprint density at radius 1 is 1.00 bits per heavy atom. The van der Waals surface area contributed by atoms with Crippen molar-refractivity contribution < 1.29 is 4.79 Å². The first-order valence-electron chi connectivity index (χ1n) is 11.9. The standard InChI is InChI=1S/C26H34N2O/c27-20-8-10-21(11-9-20)28-24(29)26-14-18-13-25(16-26,19-4-2-1-3-5-19)15-23(26)22(18)12-17-6-7-17/h1-5,12,17-18,20-21,23H,6-11,13-16,27H2,(H,28,29)/b22-12-. The molecule has 3 nitrogen and oxygen atoms in total. The van der Waals surface area contributed by atoms with Gasteiger partial charge in [-0.3, -0.25) is 4.79 Å². The second-order valence-electron chi connectivity index (χ2n) is 10.9. The molecule has 6 aliphatic rings. The van der Waals surface area contributed by atoms with Crippen LogP contribution in [0.1, 0.15) is 69.8 Å². The van der Waals surface area contributed by atoms with Crippen molar-refractivity contribution in [3.8, 4) is 0 Å². The van der Waals surface area contributed by atoms with Crippen molar-refractivity contribution in [3.63, 3.8) is 0 Å². The molecule has 29 heavy (non-hydrogen) atoms. The maximum Gasteiger partial charge on any atom is 0.227 e. The number of carbonyl (C=O) groups is 1. The maximum atomic E-state index is 13.8. The van der Waals surface area contributed by atoms with Gasteiger partial charge >= 0.3 is 0 Å². The Balaban J connectivity index is 1.32. The van der Waals surface area contributed by atoms with Crippen molar-refractivity contribution in [1.82, 2.24) is 5.32 Å². The van der Waals surface area contributed by atoms with Gasteiger partial charge in [0.25, 0.3) is 0 Å². The number of rotatable bonds is 4. The van der Waals surface area contributed by atoms with Gasteiger partial charge < -0.3 is 11.1 Å². The molecule has 4 unspecified atom stereocenters. The Morgan fingerprint density at radius 3 is 2.48 bits per heavy atom. The Morgan fingerprint density at radius 2 is 1.76 bits per heavy atom. The van der Waals surface area contributed by atoms with E-state index in [0.29, 0.717) is 29.8 Å². The molecule has 0 aliphatic heterocycles. The first-order valence-corrected chi connectivity index (χ1v) is 11.9. The first kappa shape index (κ1) is 18.2. The quantitative estimate of drug-likeness (QED) is 0.746. The molecular formula is C26H34N2O. The number of carbonyl (C=O) groups excluding carboxylic acids is 1. The lowest BCUT2D eigenvalue weighted by molar-refractivity contribution is -0.133. The highest BCUT2D eigenvalue weighted by Gasteiger charge is 2.69. The Bertz CT molecular complexity index is 836. The lowest BCUT2D eigenvalue weighted by atomic mass is 9.63. The molecule has 3 N–H and O–H groups in total. The van der Waals surface area contributed by atoms with Gasteiger partial charge in [-0.2, -0.15) is 0 Å². The minimum absolute atomic E-state index is 0.168. The largest absolute Gasteiger partial charge is 0.353 e. The van der Waals surface area contributed by atoms with Gasteiger partial charge in [-0.25, -0.2) is 0 Å². The summed E-state index contributed by atoms with van der Waals surface area (Å²) in [5, 5.41) is 3.52. The number of nitrogens with two attached hydrogens (primary N) is 1. The lowest BCUT2D eigenvalue weighted by Crippen LogP contribution is -2.49. The molecule has 0 saturated heterocycles. The molecule has 1 amide bonds. The number of nitrogens with one attached hydrogen (secondary N) is 1. The van der Waals surface area contributed by atoms with Gasteiger partial charge in [-0.05, 0) is 92.9 Å². The van der Waals surface area contributed by atoms with Crippen LogP contribution in [0.2, 0.25) is 0 Å². The van der Waals surface area contributed by atoms with Crippen molar-refractivity contribution in [1.29, 1.82) is 0 Å². The van der Waals surface area contributed by atoms with E-state index < -0.39 is 0 Å². The van der Waals surface area contributed by atoms with E-state index in [1.165, 1.54) is 31.2 Å². The van der Waals surface area contributed by atoms with Crippen molar-refractivity contribution >= 4 is 5.91 Å². The second kappa shape index (κ2) is 6.44. The number of hydrogen-bond acceptors (Lipinski definition) is 2. The molecule has 0 aromatic heterocycles. The van der Waals surface area contributed by atoms with Crippen LogP contribution >= 0.6 is 0 Å². The van der Waals surface area contributed by atoms with Gasteiger partial charge in [0.15, 0.2) is 0 Å². The topological polar surface area (TPSA) is 55.1 Å². The van der Waals surface area contributed by atoms with E-state index in [1.54, 1.807) is 5.57 Å². The van der Waals surface area contributed by atoms with Crippen LogP contribution in [-0.4, -0.2) is 18.0 Å². The summed E-state index contributed by atoms with van der Waals surface area (Å²) >= 11 is 0. The third-order valence-electron chi connectivity index (χ3n) is 9.03. The normalized spacial score (nSPS) is 44.4. The van der Waals surface area contributed by atoms with Crippen molar-refractivity contribution in [2.45, 2.75) is 81.7 Å². The maximum absolute atomic E-state index is 13.8. The van der Waals surface area contributed by atoms with Gasteiger partial charge in [0.2, 0.25) is 5.91 Å². The van der Waals surface area contributed by atoms with E-state index in [1.807, 2.05) is 0 Å². The highest BCUT2D eigenvalue weighted by Crippen LogP contribution is 2.73. The van der Waals surface area contributed by atoms with E-state index in [0.717, 1.165) is 44.4 Å². The predicted octanol–water partition coefficient (Wildman–Crippen LogP) is 4.47. The predicted molar refractivity (Wildman–Crippen MR) is 115 cm³/mol. The molecule has 3 heteroatoms. The smallest absolute Gasteiger partial charge is 0.227 e. The highest BCUT2D eigenvalue weighted by molar-refractivity contribution is 5.86. The monoisotopic (exact) mass is 390 g/mol. The Labute approximate surface area is 174 Å². The van der Waals surface area contributed by atoms with Crippen molar-refractivity contribution in [2.24, 2.45) is 28.9 Å². The summed E-state index contributed by atoms with van der Waals surface area (Å²) < 4.78 is 0. The van der Waals surface area contributed by atoms with Crippen LogP contribution in [0.4, 0.5) is 0 Å². The average molecular weight is 391 g/mol. The molecular weight excluding hydrogens is 356 g/mol. The minimum Gasteiger partial charge on any atom is -0.353 e. The third-order valence-corrected chi connectivity index (χ3v) is 9.03. The SMILES string of the molecule is NC1CCC(NC(=O)C23CC4CC(c5ccccc5)(CC2/C4=C\C2CC2)C3)CC1. The molecule has 0 heterocycles. The number of amides is 1. The van der Waals surface area contributed by atoms with Crippen LogP contribution in [0.15, 0.2) is 42.0 Å². The van der Waals surface area contributed by atoms with Gasteiger partial charge in [0.05, 0.1) is 5.41 Å². The first-order chi connectivity index (χ1) is 14.1. The van der Waals surface area contributed by atoms with Crippen molar-refractivity contribution in [2.75, 3.05) is 0 Å². The molecule has 6 fully saturated rings. The zero-order chi connectivity index (χ0) is 19.6. The van der Waals surface area contributed by atoms with Gasteiger partial charge in [0.1, 0.15) is 0 Å². The summed E-state index contributed by atoms with van der Waals surface area (Å²) in [6.07, 6.45) is 14.1. The summed E-state index contributed by atoms with van der Waals surface area (Å²) in [6, 6.07) is 11.8. The fraction of sp³-hybridized carbons (Fsp3) is 0.654. The summed E-state index contributed by atoms with van der Waals surface area (Å²) in [5.74, 6) is 2.25. The summed E-state index contributed by atoms with van der Waals surface area (Å²) in [4.78, 5) is 13.8. The zero-order valence-corrected chi connectivity index (χ0v) is 17.4. The van der Waals surface area contributed by atoms with Crippen LogP contribution < -0.4 is 11.1 Å². The Kier molecular flexibility index (Phi) is 4.04. The highest BCUT2D eigenvalue weighted by atomic mass is 16.2.